The number of thiocarbonyl (C=S) groups is 1. The summed E-state index contributed by atoms with van der Waals surface area (Å²) in [4.78, 5) is 11.8. The van der Waals surface area contributed by atoms with Crippen molar-refractivity contribution in [2.24, 2.45) is 0 Å². The first-order chi connectivity index (χ1) is 11.5. The Morgan fingerprint density at radius 2 is 1.96 bits per heavy atom. The number of ether oxygens (including phenoxy) is 2. The van der Waals surface area contributed by atoms with Gasteiger partial charge in [0, 0.05) is 23.1 Å². The van der Waals surface area contributed by atoms with Gasteiger partial charge in [-0.1, -0.05) is 0 Å². The Balaban J connectivity index is 1.76. The maximum Gasteiger partial charge on any atom is 0.273 e. The molecular formula is C17H15N3O3S. The third kappa shape index (κ3) is 2.33. The summed E-state index contributed by atoms with van der Waals surface area (Å²) in [6.45, 7) is 4.28. The Kier molecular flexibility index (Phi) is 3.31. The molecule has 0 atom stereocenters. The quantitative estimate of drug-likeness (QED) is 0.647. The number of benzene rings is 1. The summed E-state index contributed by atoms with van der Waals surface area (Å²) in [7, 11) is 0. The molecule has 2 aliphatic rings. The standard InChI is InChI=1S/C17H15N3O3S/c1-9-5-11(6-13-16(21)19-17(24)18-13)10(2)20(9)12-3-4-14-15(7-12)23-8-22-14/h3-7H,8H2,1-2H3,(H2,18,19,21,24)/b13-6-. The predicted molar refractivity (Wildman–Crippen MR) is 93.2 cm³/mol. The molecular weight excluding hydrogens is 326 g/mol. The molecule has 0 radical (unpaired) electrons. The monoisotopic (exact) mass is 341 g/mol. The molecule has 2 aliphatic heterocycles. The normalized spacial score (nSPS) is 17.3. The van der Waals surface area contributed by atoms with Crippen molar-refractivity contribution in [2.45, 2.75) is 13.8 Å². The summed E-state index contributed by atoms with van der Waals surface area (Å²) in [5.74, 6) is 1.28. The number of fused-ring (bicyclic) bond motifs is 1. The van der Waals surface area contributed by atoms with E-state index in [-0.39, 0.29) is 12.7 Å². The van der Waals surface area contributed by atoms with Crippen LogP contribution in [0.5, 0.6) is 11.5 Å². The van der Waals surface area contributed by atoms with Gasteiger partial charge in [0.25, 0.3) is 5.91 Å². The predicted octanol–water partition coefficient (Wildman–Crippen LogP) is 2.17. The number of rotatable bonds is 2. The highest BCUT2D eigenvalue weighted by Gasteiger charge is 2.21. The number of hydrogen-bond donors (Lipinski definition) is 2. The summed E-state index contributed by atoms with van der Waals surface area (Å²) in [6.07, 6.45) is 1.81. The maximum atomic E-state index is 11.8. The van der Waals surface area contributed by atoms with Crippen LogP contribution in [0, 0.1) is 13.8 Å². The summed E-state index contributed by atoms with van der Waals surface area (Å²) in [5, 5.41) is 5.76. The number of hydrogen-bond acceptors (Lipinski definition) is 4. The lowest BCUT2D eigenvalue weighted by Crippen LogP contribution is -2.21. The van der Waals surface area contributed by atoms with Crippen LogP contribution in [0.3, 0.4) is 0 Å². The van der Waals surface area contributed by atoms with E-state index in [1.807, 2.05) is 38.1 Å². The van der Waals surface area contributed by atoms with E-state index in [1.165, 1.54) is 0 Å². The Labute approximate surface area is 144 Å². The number of amides is 1. The second-order valence-corrected chi connectivity index (χ2v) is 6.07. The first kappa shape index (κ1) is 14.8. The van der Waals surface area contributed by atoms with Crippen LogP contribution in [0.2, 0.25) is 0 Å². The van der Waals surface area contributed by atoms with Gasteiger partial charge in [-0.25, -0.2) is 0 Å². The molecule has 1 fully saturated rings. The van der Waals surface area contributed by atoms with Crippen molar-refractivity contribution in [3.05, 3.63) is 46.9 Å². The summed E-state index contributed by atoms with van der Waals surface area (Å²) in [5.41, 5.74) is 4.46. The van der Waals surface area contributed by atoms with Gasteiger partial charge < -0.3 is 19.4 Å². The van der Waals surface area contributed by atoms with Gasteiger partial charge in [-0.2, -0.15) is 0 Å². The highest BCUT2D eigenvalue weighted by molar-refractivity contribution is 7.80. The van der Waals surface area contributed by atoms with Crippen LogP contribution in [0.1, 0.15) is 17.0 Å². The molecule has 4 rings (SSSR count). The maximum absolute atomic E-state index is 11.8. The zero-order chi connectivity index (χ0) is 16.8. The lowest BCUT2D eigenvalue weighted by Gasteiger charge is -2.10. The van der Waals surface area contributed by atoms with Crippen LogP contribution in [0.15, 0.2) is 30.0 Å². The smallest absolute Gasteiger partial charge is 0.273 e. The zero-order valence-corrected chi connectivity index (χ0v) is 14.0. The molecule has 7 heteroatoms. The molecule has 122 valence electrons. The Hall–Kier alpha value is -2.80. The number of aryl methyl sites for hydroxylation is 1. The fourth-order valence-corrected chi connectivity index (χ4v) is 3.20. The largest absolute Gasteiger partial charge is 0.454 e. The number of carbonyl (C=O) groups excluding carboxylic acids is 1. The van der Waals surface area contributed by atoms with Gasteiger partial charge in [-0.05, 0) is 55.9 Å². The van der Waals surface area contributed by atoms with Crippen molar-refractivity contribution in [3.8, 4) is 17.2 Å². The van der Waals surface area contributed by atoms with Crippen molar-refractivity contribution in [3.63, 3.8) is 0 Å². The molecule has 6 nitrogen and oxygen atoms in total. The second kappa shape index (κ2) is 5.38. The molecule has 2 N–H and O–H groups in total. The van der Waals surface area contributed by atoms with Crippen molar-refractivity contribution < 1.29 is 14.3 Å². The van der Waals surface area contributed by atoms with Crippen LogP contribution >= 0.6 is 12.2 Å². The minimum absolute atomic E-state index is 0.215. The second-order valence-electron chi connectivity index (χ2n) is 5.67. The average molecular weight is 341 g/mol. The average Bonchev–Trinajstić information content (AvgIpc) is 3.19. The molecule has 0 aliphatic carbocycles. The molecule has 24 heavy (non-hydrogen) atoms. The lowest BCUT2D eigenvalue weighted by molar-refractivity contribution is -0.115. The fourth-order valence-electron chi connectivity index (χ4n) is 2.99. The van der Waals surface area contributed by atoms with Gasteiger partial charge in [0.1, 0.15) is 5.70 Å². The van der Waals surface area contributed by atoms with Crippen LogP contribution < -0.4 is 20.1 Å². The van der Waals surface area contributed by atoms with Crippen molar-refractivity contribution in [1.82, 2.24) is 15.2 Å². The summed E-state index contributed by atoms with van der Waals surface area (Å²) < 4.78 is 12.9. The topological polar surface area (TPSA) is 64.5 Å². The SMILES string of the molecule is Cc1cc(/C=C2\NC(=S)NC2=O)c(C)n1-c1ccc2c(c1)OCO2. The fraction of sp³-hybridized carbons (Fsp3) is 0.176. The number of nitrogens with zero attached hydrogens (tertiary/aromatic N) is 1. The van der Waals surface area contributed by atoms with Crippen molar-refractivity contribution in [2.75, 3.05) is 6.79 Å². The molecule has 0 bridgehead atoms. The van der Waals surface area contributed by atoms with Crippen molar-refractivity contribution >= 4 is 29.3 Å². The molecule has 1 aromatic heterocycles. The number of nitrogens with one attached hydrogen (secondary N) is 2. The molecule has 1 saturated heterocycles. The summed E-state index contributed by atoms with van der Waals surface area (Å²) in [6, 6.07) is 7.87. The van der Waals surface area contributed by atoms with E-state index in [9.17, 15) is 4.79 Å². The number of carbonyl (C=O) groups is 1. The van der Waals surface area contributed by atoms with E-state index in [4.69, 9.17) is 21.7 Å². The van der Waals surface area contributed by atoms with Gasteiger partial charge in [-0.15, -0.1) is 0 Å². The Bertz CT molecular complexity index is 914. The highest BCUT2D eigenvalue weighted by Crippen LogP contribution is 2.35. The first-order valence-corrected chi connectivity index (χ1v) is 7.87. The van der Waals surface area contributed by atoms with Gasteiger partial charge >= 0.3 is 0 Å². The highest BCUT2D eigenvalue weighted by atomic mass is 32.1. The van der Waals surface area contributed by atoms with Crippen LogP contribution in [-0.4, -0.2) is 22.4 Å². The minimum Gasteiger partial charge on any atom is -0.454 e. The van der Waals surface area contributed by atoms with E-state index >= 15 is 0 Å². The molecule has 2 aromatic rings. The van der Waals surface area contributed by atoms with Gasteiger partial charge in [0.05, 0.1) is 0 Å². The van der Waals surface area contributed by atoms with Crippen LogP contribution in [-0.2, 0) is 4.79 Å². The van der Waals surface area contributed by atoms with Crippen molar-refractivity contribution in [1.29, 1.82) is 0 Å². The summed E-state index contributed by atoms with van der Waals surface area (Å²) >= 11 is 4.96. The van der Waals surface area contributed by atoms with Gasteiger partial charge in [-0.3, -0.25) is 10.1 Å². The molecule has 1 amide bonds. The molecule has 0 spiro atoms. The molecule has 3 heterocycles. The van der Waals surface area contributed by atoms with Gasteiger partial charge in [0.15, 0.2) is 16.6 Å². The van der Waals surface area contributed by atoms with E-state index in [2.05, 4.69) is 15.2 Å². The Morgan fingerprint density at radius 1 is 1.17 bits per heavy atom. The van der Waals surface area contributed by atoms with E-state index < -0.39 is 0 Å². The minimum atomic E-state index is -0.215. The zero-order valence-electron chi connectivity index (χ0n) is 13.2. The molecule has 0 unspecified atom stereocenters. The van der Waals surface area contributed by atoms with E-state index in [1.54, 1.807) is 6.08 Å². The third-order valence-electron chi connectivity index (χ3n) is 4.10. The first-order valence-electron chi connectivity index (χ1n) is 7.46. The van der Waals surface area contributed by atoms with Gasteiger partial charge in [0.2, 0.25) is 6.79 Å². The number of aromatic nitrogens is 1. The Morgan fingerprint density at radius 3 is 2.71 bits per heavy atom. The lowest BCUT2D eigenvalue weighted by atomic mass is 10.2. The van der Waals surface area contributed by atoms with Crippen LogP contribution in [0.4, 0.5) is 0 Å². The molecule has 1 aromatic carbocycles. The van der Waals surface area contributed by atoms with E-state index in [0.29, 0.717) is 10.8 Å². The molecule has 0 saturated carbocycles. The van der Waals surface area contributed by atoms with Crippen LogP contribution in [0.25, 0.3) is 11.8 Å². The van der Waals surface area contributed by atoms with E-state index in [0.717, 1.165) is 34.1 Å². The third-order valence-corrected chi connectivity index (χ3v) is 4.31.